The summed E-state index contributed by atoms with van der Waals surface area (Å²) in [6.07, 6.45) is 6.85. The van der Waals surface area contributed by atoms with E-state index in [0.29, 0.717) is 6.04 Å². The summed E-state index contributed by atoms with van der Waals surface area (Å²) in [5.41, 5.74) is 3.40. The monoisotopic (exact) mass is 296 g/mol. The van der Waals surface area contributed by atoms with Crippen molar-refractivity contribution in [3.05, 3.63) is 23.0 Å². The van der Waals surface area contributed by atoms with E-state index in [4.69, 9.17) is 16.3 Å². The first-order valence-electron chi connectivity index (χ1n) is 7.46. The van der Waals surface area contributed by atoms with Crippen molar-refractivity contribution >= 4 is 11.6 Å². The van der Waals surface area contributed by atoms with E-state index in [1.165, 1.54) is 24.8 Å². The summed E-state index contributed by atoms with van der Waals surface area (Å²) in [6.45, 7) is 6.21. The van der Waals surface area contributed by atoms with Crippen molar-refractivity contribution in [2.75, 3.05) is 19.5 Å². The molecule has 1 aromatic rings. The molecule has 0 aromatic carbocycles. The second-order valence-corrected chi connectivity index (χ2v) is 6.02. The zero-order valence-corrected chi connectivity index (χ0v) is 13.5. The fourth-order valence-corrected chi connectivity index (χ4v) is 3.40. The first kappa shape index (κ1) is 15.6. The zero-order chi connectivity index (χ0) is 14.5. The van der Waals surface area contributed by atoms with Gasteiger partial charge in [0, 0.05) is 35.8 Å². The van der Waals surface area contributed by atoms with Crippen molar-refractivity contribution < 1.29 is 4.74 Å². The van der Waals surface area contributed by atoms with Crippen molar-refractivity contribution in [3.63, 3.8) is 0 Å². The maximum absolute atomic E-state index is 5.94. The number of likely N-dealkylation sites (tertiary alicyclic amines) is 1. The highest BCUT2D eigenvalue weighted by molar-refractivity contribution is 6.17. The van der Waals surface area contributed by atoms with Gasteiger partial charge in [0.25, 0.3) is 0 Å². The van der Waals surface area contributed by atoms with Crippen molar-refractivity contribution in [2.24, 2.45) is 0 Å². The highest BCUT2D eigenvalue weighted by Crippen LogP contribution is 2.27. The molecule has 20 heavy (non-hydrogen) atoms. The molecule has 0 N–H and O–H groups in total. The highest BCUT2D eigenvalue weighted by Gasteiger charge is 2.23. The van der Waals surface area contributed by atoms with Gasteiger partial charge < -0.3 is 4.74 Å². The number of hydrogen-bond donors (Lipinski definition) is 0. The van der Waals surface area contributed by atoms with E-state index in [1.54, 1.807) is 7.11 Å². The lowest BCUT2D eigenvalue weighted by Gasteiger charge is -2.35. The Morgan fingerprint density at radius 2 is 2.20 bits per heavy atom. The number of alkyl halides is 1. The minimum atomic E-state index is 0.606. The van der Waals surface area contributed by atoms with Crippen LogP contribution in [0.4, 0.5) is 0 Å². The molecule has 0 radical (unpaired) electrons. The number of aromatic nitrogens is 1. The average Bonchev–Trinajstić information content (AvgIpc) is 2.45. The van der Waals surface area contributed by atoms with Crippen LogP contribution < -0.4 is 4.74 Å². The van der Waals surface area contributed by atoms with Gasteiger partial charge in [-0.1, -0.05) is 6.42 Å². The maximum Gasteiger partial charge on any atom is 0.128 e. The number of methoxy groups -OCH3 is 1. The molecule has 112 valence electrons. The molecule has 0 saturated carbocycles. The number of piperidine rings is 1. The van der Waals surface area contributed by atoms with Crippen LogP contribution in [0.2, 0.25) is 0 Å². The maximum atomic E-state index is 5.94. The summed E-state index contributed by atoms with van der Waals surface area (Å²) in [5.74, 6) is 1.71. The lowest BCUT2D eigenvalue weighted by Crippen LogP contribution is -2.39. The molecule has 0 aliphatic carbocycles. The summed E-state index contributed by atoms with van der Waals surface area (Å²) in [6, 6.07) is 0.606. The molecule has 1 aliphatic heterocycles. The van der Waals surface area contributed by atoms with Gasteiger partial charge in [0.1, 0.15) is 5.75 Å². The summed E-state index contributed by atoms with van der Waals surface area (Å²) in [7, 11) is 1.73. The SMILES string of the molecule is COc1c(C)cnc(CN2CCCCC2CCCl)c1C. The first-order valence-corrected chi connectivity index (χ1v) is 8.00. The quantitative estimate of drug-likeness (QED) is 0.775. The molecule has 1 aliphatic rings. The number of hydrogen-bond acceptors (Lipinski definition) is 3. The van der Waals surface area contributed by atoms with Crippen molar-refractivity contribution in [2.45, 2.75) is 52.1 Å². The Kier molecular flexibility index (Phi) is 5.67. The lowest BCUT2D eigenvalue weighted by molar-refractivity contribution is 0.134. The number of pyridine rings is 1. The van der Waals surface area contributed by atoms with Gasteiger partial charge in [-0.05, 0) is 39.7 Å². The number of nitrogens with zero attached hydrogens (tertiary/aromatic N) is 2. The number of rotatable bonds is 5. The summed E-state index contributed by atoms with van der Waals surface area (Å²) >= 11 is 5.94. The fourth-order valence-electron chi connectivity index (χ4n) is 3.14. The van der Waals surface area contributed by atoms with E-state index in [9.17, 15) is 0 Å². The van der Waals surface area contributed by atoms with E-state index in [1.807, 2.05) is 13.1 Å². The lowest BCUT2D eigenvalue weighted by atomic mass is 9.99. The summed E-state index contributed by atoms with van der Waals surface area (Å²) in [5, 5.41) is 0. The van der Waals surface area contributed by atoms with E-state index >= 15 is 0 Å². The second-order valence-electron chi connectivity index (χ2n) is 5.64. The van der Waals surface area contributed by atoms with Gasteiger partial charge in [0.15, 0.2) is 0 Å². The molecule has 1 aromatic heterocycles. The van der Waals surface area contributed by atoms with Gasteiger partial charge in [-0.3, -0.25) is 9.88 Å². The van der Waals surface area contributed by atoms with E-state index in [2.05, 4.69) is 16.8 Å². The third-order valence-corrected chi connectivity index (χ3v) is 4.51. The van der Waals surface area contributed by atoms with Crippen molar-refractivity contribution in [1.82, 2.24) is 9.88 Å². The Balaban J connectivity index is 2.16. The van der Waals surface area contributed by atoms with E-state index in [0.717, 1.165) is 42.4 Å². The molecule has 2 heterocycles. The van der Waals surface area contributed by atoms with Crippen molar-refractivity contribution in [3.8, 4) is 5.75 Å². The van der Waals surface area contributed by atoms with Gasteiger partial charge in [-0.15, -0.1) is 11.6 Å². The van der Waals surface area contributed by atoms with Crippen molar-refractivity contribution in [1.29, 1.82) is 0 Å². The Hall–Kier alpha value is -0.800. The molecule has 0 bridgehead atoms. The highest BCUT2D eigenvalue weighted by atomic mass is 35.5. The third kappa shape index (κ3) is 3.44. The zero-order valence-electron chi connectivity index (χ0n) is 12.8. The predicted molar refractivity (Wildman–Crippen MR) is 83.6 cm³/mol. The smallest absolute Gasteiger partial charge is 0.128 e. The van der Waals surface area contributed by atoms with Gasteiger partial charge in [-0.25, -0.2) is 0 Å². The molecule has 1 saturated heterocycles. The minimum Gasteiger partial charge on any atom is -0.496 e. The van der Waals surface area contributed by atoms with Gasteiger partial charge >= 0.3 is 0 Å². The molecule has 4 heteroatoms. The Labute approximate surface area is 127 Å². The second kappa shape index (κ2) is 7.28. The molecule has 0 spiro atoms. The van der Waals surface area contributed by atoms with E-state index < -0.39 is 0 Å². The van der Waals surface area contributed by atoms with Gasteiger partial charge in [0.2, 0.25) is 0 Å². The normalized spacial score (nSPS) is 20.1. The Morgan fingerprint density at radius 3 is 2.90 bits per heavy atom. The van der Waals surface area contributed by atoms with Crippen LogP contribution in [0.1, 0.15) is 42.5 Å². The molecule has 0 amide bonds. The van der Waals surface area contributed by atoms with Gasteiger partial charge in [-0.2, -0.15) is 0 Å². The van der Waals surface area contributed by atoms with Crippen LogP contribution in [0, 0.1) is 13.8 Å². The van der Waals surface area contributed by atoms with Crippen LogP contribution in [-0.2, 0) is 6.54 Å². The molecular weight excluding hydrogens is 272 g/mol. The van der Waals surface area contributed by atoms with Crippen LogP contribution >= 0.6 is 11.6 Å². The fraction of sp³-hybridized carbons (Fsp3) is 0.688. The molecule has 2 rings (SSSR count). The minimum absolute atomic E-state index is 0.606. The van der Waals surface area contributed by atoms with Crippen LogP contribution in [0.15, 0.2) is 6.20 Å². The average molecular weight is 297 g/mol. The molecular formula is C16H25ClN2O. The number of ether oxygens (including phenoxy) is 1. The molecule has 1 atom stereocenters. The number of halogens is 1. The van der Waals surface area contributed by atoms with Crippen LogP contribution in [0.5, 0.6) is 5.75 Å². The van der Waals surface area contributed by atoms with Crippen LogP contribution in [-0.4, -0.2) is 35.5 Å². The standard InChI is InChI=1S/C16H25ClN2O/c1-12-10-18-15(13(2)16(12)20-3)11-19-9-5-4-6-14(19)7-8-17/h10,14H,4-9,11H2,1-3H3. The summed E-state index contributed by atoms with van der Waals surface area (Å²) < 4.78 is 5.50. The Bertz CT molecular complexity index is 448. The third-order valence-electron chi connectivity index (χ3n) is 4.29. The molecule has 1 unspecified atom stereocenters. The summed E-state index contributed by atoms with van der Waals surface area (Å²) in [4.78, 5) is 7.16. The van der Waals surface area contributed by atoms with Crippen LogP contribution in [0.3, 0.4) is 0 Å². The predicted octanol–water partition coefficient (Wildman–Crippen LogP) is 3.69. The molecule has 1 fully saturated rings. The topological polar surface area (TPSA) is 25.4 Å². The molecule has 3 nitrogen and oxygen atoms in total. The van der Waals surface area contributed by atoms with Crippen LogP contribution in [0.25, 0.3) is 0 Å². The van der Waals surface area contributed by atoms with E-state index in [-0.39, 0.29) is 0 Å². The first-order chi connectivity index (χ1) is 9.67. The van der Waals surface area contributed by atoms with Gasteiger partial charge in [0.05, 0.1) is 12.8 Å². The largest absolute Gasteiger partial charge is 0.496 e. The number of aryl methyl sites for hydroxylation is 1. The Morgan fingerprint density at radius 1 is 1.40 bits per heavy atom.